The van der Waals surface area contributed by atoms with Gasteiger partial charge in [-0.05, 0) is 19.3 Å². The summed E-state index contributed by atoms with van der Waals surface area (Å²) in [6.45, 7) is 0. The molecule has 1 aliphatic rings. The molecule has 2 rings (SSSR count). The van der Waals surface area contributed by atoms with E-state index in [0.717, 1.165) is 19.3 Å². The van der Waals surface area contributed by atoms with E-state index in [1.54, 1.807) is 0 Å². The zero-order valence-electron chi connectivity index (χ0n) is 7.73. The van der Waals surface area contributed by atoms with Crippen LogP contribution in [0.15, 0.2) is 6.20 Å². The van der Waals surface area contributed by atoms with E-state index >= 15 is 0 Å². The molecule has 0 saturated heterocycles. The lowest BCUT2D eigenvalue weighted by molar-refractivity contribution is 0.0929. The van der Waals surface area contributed by atoms with Gasteiger partial charge in [0.25, 0.3) is 5.91 Å². The quantitative estimate of drug-likeness (QED) is 0.587. The van der Waals surface area contributed by atoms with Crippen LogP contribution in [-0.2, 0) is 0 Å². The molecule has 1 saturated carbocycles. The van der Waals surface area contributed by atoms with E-state index in [2.05, 4.69) is 20.7 Å². The maximum absolute atomic E-state index is 11.5. The van der Waals surface area contributed by atoms with Crippen molar-refractivity contribution in [3.8, 4) is 0 Å². The fourth-order valence-electron chi connectivity index (χ4n) is 1.72. The molecule has 4 N–H and O–H groups in total. The summed E-state index contributed by atoms with van der Waals surface area (Å²) in [5.74, 6) is -0.207. The Kier molecular flexibility index (Phi) is 2.45. The van der Waals surface area contributed by atoms with Crippen LogP contribution in [0.4, 0.5) is 0 Å². The molecule has 1 heterocycles. The molecule has 1 aliphatic carbocycles. The van der Waals surface area contributed by atoms with E-state index in [4.69, 9.17) is 5.73 Å². The Balaban J connectivity index is 1.95. The molecule has 1 aromatic rings. The molecule has 6 heteroatoms. The fraction of sp³-hybridized carbons (Fsp3) is 0.625. The van der Waals surface area contributed by atoms with E-state index in [-0.39, 0.29) is 18.0 Å². The second-order valence-corrected chi connectivity index (χ2v) is 3.53. The van der Waals surface area contributed by atoms with Crippen LogP contribution < -0.4 is 11.1 Å². The van der Waals surface area contributed by atoms with Crippen LogP contribution in [0.1, 0.15) is 29.8 Å². The maximum Gasteiger partial charge on any atom is 0.273 e. The van der Waals surface area contributed by atoms with Crippen LogP contribution in [0, 0.1) is 0 Å². The van der Waals surface area contributed by atoms with Gasteiger partial charge in [0.1, 0.15) is 0 Å². The van der Waals surface area contributed by atoms with Crippen LogP contribution >= 0.6 is 0 Å². The lowest BCUT2D eigenvalue weighted by Gasteiger charge is -2.15. The third-order valence-corrected chi connectivity index (χ3v) is 2.53. The molecule has 1 fully saturated rings. The molecule has 0 aliphatic heterocycles. The Morgan fingerprint density at radius 1 is 1.64 bits per heavy atom. The Bertz CT molecular complexity index is 310. The molecule has 6 nitrogen and oxygen atoms in total. The SMILES string of the molecule is NC1CCCC1NC(=O)c1cn[nH]n1. The van der Waals surface area contributed by atoms with Crippen LogP contribution in [0.5, 0.6) is 0 Å². The van der Waals surface area contributed by atoms with Gasteiger partial charge < -0.3 is 11.1 Å². The van der Waals surface area contributed by atoms with Crippen molar-refractivity contribution >= 4 is 5.91 Å². The minimum absolute atomic E-state index is 0.0749. The summed E-state index contributed by atoms with van der Waals surface area (Å²) in [4.78, 5) is 11.5. The third kappa shape index (κ3) is 1.74. The first kappa shape index (κ1) is 9.14. The van der Waals surface area contributed by atoms with E-state index in [1.165, 1.54) is 6.20 Å². The van der Waals surface area contributed by atoms with E-state index < -0.39 is 0 Å². The van der Waals surface area contributed by atoms with Gasteiger partial charge in [-0.15, -0.1) is 0 Å². The topological polar surface area (TPSA) is 96.7 Å². The van der Waals surface area contributed by atoms with Gasteiger partial charge in [-0.2, -0.15) is 15.4 Å². The third-order valence-electron chi connectivity index (χ3n) is 2.53. The molecule has 1 aromatic heterocycles. The van der Waals surface area contributed by atoms with Gasteiger partial charge in [0.15, 0.2) is 5.69 Å². The number of aromatic amines is 1. The summed E-state index contributed by atoms with van der Waals surface area (Å²) in [5, 5.41) is 12.5. The van der Waals surface area contributed by atoms with Crippen molar-refractivity contribution in [3.63, 3.8) is 0 Å². The summed E-state index contributed by atoms with van der Waals surface area (Å²) in [6, 6.07) is 0.157. The number of rotatable bonds is 2. The number of amides is 1. The largest absolute Gasteiger partial charge is 0.346 e. The lowest BCUT2D eigenvalue weighted by atomic mass is 10.2. The van der Waals surface area contributed by atoms with Crippen LogP contribution in [0.3, 0.4) is 0 Å². The van der Waals surface area contributed by atoms with Gasteiger partial charge in [-0.25, -0.2) is 0 Å². The number of hydrogen-bond acceptors (Lipinski definition) is 4. The molecule has 0 aromatic carbocycles. The Hall–Kier alpha value is -1.43. The first-order chi connectivity index (χ1) is 6.77. The number of nitrogens with zero attached hydrogens (tertiary/aromatic N) is 2. The van der Waals surface area contributed by atoms with E-state index in [9.17, 15) is 4.79 Å². The highest BCUT2D eigenvalue weighted by atomic mass is 16.2. The average Bonchev–Trinajstić information content (AvgIpc) is 2.77. The molecule has 76 valence electrons. The van der Waals surface area contributed by atoms with Crippen LogP contribution in [0.2, 0.25) is 0 Å². The first-order valence-corrected chi connectivity index (χ1v) is 4.69. The van der Waals surface area contributed by atoms with Gasteiger partial charge in [-0.3, -0.25) is 4.79 Å². The molecule has 0 radical (unpaired) electrons. The van der Waals surface area contributed by atoms with Crippen molar-refractivity contribution in [2.75, 3.05) is 0 Å². The molecule has 0 bridgehead atoms. The van der Waals surface area contributed by atoms with Crippen molar-refractivity contribution in [1.29, 1.82) is 0 Å². The lowest BCUT2D eigenvalue weighted by Crippen LogP contribution is -2.44. The van der Waals surface area contributed by atoms with Gasteiger partial charge in [-0.1, -0.05) is 0 Å². The predicted molar refractivity (Wildman–Crippen MR) is 49.5 cm³/mol. The Labute approximate surface area is 81.3 Å². The van der Waals surface area contributed by atoms with E-state index in [0.29, 0.717) is 5.69 Å². The van der Waals surface area contributed by atoms with Gasteiger partial charge >= 0.3 is 0 Å². The number of carbonyl (C=O) groups excluding carboxylic acids is 1. The second kappa shape index (κ2) is 3.75. The van der Waals surface area contributed by atoms with Crippen LogP contribution in [-0.4, -0.2) is 33.4 Å². The summed E-state index contributed by atoms with van der Waals surface area (Å²) in [7, 11) is 0. The molecular formula is C8H13N5O. The number of hydrogen-bond donors (Lipinski definition) is 3. The number of nitrogens with one attached hydrogen (secondary N) is 2. The smallest absolute Gasteiger partial charge is 0.273 e. The highest BCUT2D eigenvalue weighted by Gasteiger charge is 2.26. The second-order valence-electron chi connectivity index (χ2n) is 3.53. The average molecular weight is 195 g/mol. The van der Waals surface area contributed by atoms with Crippen molar-refractivity contribution in [1.82, 2.24) is 20.7 Å². The minimum Gasteiger partial charge on any atom is -0.346 e. The summed E-state index contributed by atoms with van der Waals surface area (Å²) in [5.41, 5.74) is 6.13. The number of carbonyl (C=O) groups is 1. The zero-order valence-corrected chi connectivity index (χ0v) is 7.73. The summed E-state index contributed by atoms with van der Waals surface area (Å²) >= 11 is 0. The van der Waals surface area contributed by atoms with Crippen molar-refractivity contribution in [3.05, 3.63) is 11.9 Å². The van der Waals surface area contributed by atoms with Crippen molar-refractivity contribution in [2.45, 2.75) is 31.3 Å². The highest BCUT2D eigenvalue weighted by Crippen LogP contribution is 2.17. The molecular weight excluding hydrogens is 182 g/mol. The molecule has 2 atom stereocenters. The van der Waals surface area contributed by atoms with E-state index in [1.807, 2.05) is 0 Å². The molecule has 2 unspecified atom stereocenters. The van der Waals surface area contributed by atoms with Gasteiger partial charge in [0.2, 0.25) is 0 Å². The minimum atomic E-state index is -0.207. The Morgan fingerprint density at radius 2 is 2.50 bits per heavy atom. The molecule has 1 amide bonds. The number of H-pyrrole nitrogens is 1. The number of nitrogens with two attached hydrogens (primary N) is 1. The zero-order chi connectivity index (χ0) is 9.97. The van der Waals surface area contributed by atoms with Crippen LogP contribution in [0.25, 0.3) is 0 Å². The number of aromatic nitrogens is 3. The first-order valence-electron chi connectivity index (χ1n) is 4.69. The Morgan fingerprint density at radius 3 is 3.07 bits per heavy atom. The van der Waals surface area contributed by atoms with Gasteiger partial charge in [0, 0.05) is 12.1 Å². The molecule has 0 spiro atoms. The van der Waals surface area contributed by atoms with Crippen molar-refractivity contribution in [2.24, 2.45) is 5.73 Å². The fourth-order valence-corrected chi connectivity index (χ4v) is 1.72. The monoisotopic (exact) mass is 195 g/mol. The standard InChI is InChI=1S/C8H13N5O/c9-5-2-1-3-6(5)11-8(14)7-4-10-13-12-7/h4-6H,1-3,9H2,(H,11,14)(H,10,12,13). The maximum atomic E-state index is 11.5. The highest BCUT2D eigenvalue weighted by molar-refractivity contribution is 5.92. The summed E-state index contributed by atoms with van der Waals surface area (Å²) < 4.78 is 0. The van der Waals surface area contributed by atoms with Crippen molar-refractivity contribution < 1.29 is 4.79 Å². The normalized spacial score (nSPS) is 26.4. The van der Waals surface area contributed by atoms with Gasteiger partial charge in [0.05, 0.1) is 6.20 Å². The predicted octanol–water partition coefficient (Wildman–Crippen LogP) is -0.586. The molecule has 14 heavy (non-hydrogen) atoms. The summed E-state index contributed by atoms with van der Waals surface area (Å²) in [6.07, 6.45) is 4.40.